The second kappa shape index (κ2) is 9.34. The van der Waals surface area contributed by atoms with Gasteiger partial charge in [-0.2, -0.15) is 0 Å². The lowest BCUT2D eigenvalue weighted by molar-refractivity contribution is -0.120. The van der Waals surface area contributed by atoms with Gasteiger partial charge in [0, 0.05) is 22.5 Å². The SMILES string of the molecule is COc1cccc(CNC(=O)Cc2csc(NC(=O)c3ccc(Cl)cc3)n2)c1. The molecule has 3 aromatic rings. The Kier molecular flexibility index (Phi) is 6.62. The molecule has 0 atom stereocenters. The number of ether oxygens (including phenoxy) is 1. The van der Waals surface area contributed by atoms with Gasteiger partial charge in [0.25, 0.3) is 5.91 Å². The Morgan fingerprint density at radius 3 is 2.71 bits per heavy atom. The van der Waals surface area contributed by atoms with Gasteiger partial charge in [-0.05, 0) is 42.0 Å². The number of nitrogens with zero attached hydrogens (tertiary/aromatic N) is 1. The molecule has 0 radical (unpaired) electrons. The third-order valence-electron chi connectivity index (χ3n) is 3.84. The first-order valence-electron chi connectivity index (χ1n) is 8.44. The van der Waals surface area contributed by atoms with E-state index in [0.717, 1.165) is 11.3 Å². The molecular weight excluding hydrogens is 398 g/mol. The zero-order valence-corrected chi connectivity index (χ0v) is 16.6. The van der Waals surface area contributed by atoms with Crippen LogP contribution in [-0.4, -0.2) is 23.9 Å². The van der Waals surface area contributed by atoms with Crippen molar-refractivity contribution in [1.29, 1.82) is 0 Å². The molecule has 0 saturated heterocycles. The smallest absolute Gasteiger partial charge is 0.257 e. The molecule has 1 aromatic heterocycles. The molecule has 8 heteroatoms. The van der Waals surface area contributed by atoms with E-state index >= 15 is 0 Å². The molecule has 1 heterocycles. The molecule has 0 aliphatic heterocycles. The van der Waals surface area contributed by atoms with Crippen LogP contribution in [0, 0.1) is 0 Å². The lowest BCUT2D eigenvalue weighted by atomic mass is 10.2. The van der Waals surface area contributed by atoms with E-state index in [9.17, 15) is 9.59 Å². The molecule has 0 aliphatic carbocycles. The fraction of sp³-hybridized carbons (Fsp3) is 0.150. The Morgan fingerprint density at radius 1 is 1.18 bits per heavy atom. The van der Waals surface area contributed by atoms with Gasteiger partial charge >= 0.3 is 0 Å². The fourth-order valence-electron chi connectivity index (χ4n) is 2.43. The summed E-state index contributed by atoms with van der Waals surface area (Å²) in [5, 5.41) is 8.33. The second-order valence-electron chi connectivity index (χ2n) is 5.91. The summed E-state index contributed by atoms with van der Waals surface area (Å²) in [6.07, 6.45) is 0.136. The number of halogens is 1. The van der Waals surface area contributed by atoms with Crippen LogP contribution < -0.4 is 15.4 Å². The Morgan fingerprint density at radius 2 is 1.96 bits per heavy atom. The molecule has 6 nitrogen and oxygen atoms in total. The molecule has 2 aromatic carbocycles. The van der Waals surface area contributed by atoms with Gasteiger partial charge in [0.1, 0.15) is 5.75 Å². The van der Waals surface area contributed by atoms with E-state index in [2.05, 4.69) is 15.6 Å². The first-order chi connectivity index (χ1) is 13.5. The molecule has 0 unspecified atom stereocenters. The number of carbonyl (C=O) groups excluding carboxylic acids is 2. The van der Waals surface area contributed by atoms with E-state index in [-0.39, 0.29) is 18.2 Å². The van der Waals surface area contributed by atoms with Gasteiger partial charge in [0.2, 0.25) is 5.91 Å². The molecule has 2 N–H and O–H groups in total. The minimum absolute atomic E-state index is 0.136. The normalized spacial score (nSPS) is 10.4. The van der Waals surface area contributed by atoms with Crippen LogP contribution in [0.5, 0.6) is 5.75 Å². The van der Waals surface area contributed by atoms with Crippen molar-refractivity contribution >= 4 is 39.9 Å². The van der Waals surface area contributed by atoms with Crippen LogP contribution in [0.1, 0.15) is 21.6 Å². The fourth-order valence-corrected chi connectivity index (χ4v) is 3.26. The Balaban J connectivity index is 1.51. The summed E-state index contributed by atoms with van der Waals surface area (Å²) in [6.45, 7) is 0.403. The summed E-state index contributed by atoms with van der Waals surface area (Å²) >= 11 is 7.09. The number of anilines is 1. The van der Waals surface area contributed by atoms with Crippen LogP contribution >= 0.6 is 22.9 Å². The maximum absolute atomic E-state index is 12.2. The summed E-state index contributed by atoms with van der Waals surface area (Å²) in [5.41, 5.74) is 2.03. The maximum Gasteiger partial charge on any atom is 0.257 e. The van der Waals surface area contributed by atoms with Crippen LogP contribution in [0.15, 0.2) is 53.9 Å². The van der Waals surface area contributed by atoms with Crippen molar-refractivity contribution in [3.8, 4) is 5.75 Å². The number of amides is 2. The van der Waals surface area contributed by atoms with E-state index in [1.807, 2.05) is 24.3 Å². The van der Waals surface area contributed by atoms with Gasteiger partial charge in [0.15, 0.2) is 5.13 Å². The average Bonchev–Trinajstić information content (AvgIpc) is 3.13. The first-order valence-corrected chi connectivity index (χ1v) is 9.70. The van der Waals surface area contributed by atoms with Crippen molar-refractivity contribution in [2.75, 3.05) is 12.4 Å². The number of hydrogen-bond acceptors (Lipinski definition) is 5. The van der Waals surface area contributed by atoms with Crippen molar-refractivity contribution in [3.63, 3.8) is 0 Å². The van der Waals surface area contributed by atoms with Gasteiger partial charge in [-0.1, -0.05) is 23.7 Å². The van der Waals surface area contributed by atoms with Gasteiger partial charge in [-0.25, -0.2) is 4.98 Å². The van der Waals surface area contributed by atoms with Gasteiger partial charge in [-0.15, -0.1) is 11.3 Å². The average molecular weight is 416 g/mol. The summed E-state index contributed by atoms with van der Waals surface area (Å²) < 4.78 is 5.17. The number of nitrogens with one attached hydrogen (secondary N) is 2. The van der Waals surface area contributed by atoms with E-state index in [1.54, 1.807) is 36.8 Å². The lowest BCUT2D eigenvalue weighted by Gasteiger charge is -2.06. The second-order valence-corrected chi connectivity index (χ2v) is 7.20. The van der Waals surface area contributed by atoms with Crippen molar-refractivity contribution < 1.29 is 14.3 Å². The van der Waals surface area contributed by atoms with Crippen LogP contribution in [0.4, 0.5) is 5.13 Å². The molecule has 2 amide bonds. The van der Waals surface area contributed by atoms with Gasteiger partial charge in [-0.3, -0.25) is 14.9 Å². The van der Waals surface area contributed by atoms with Crippen LogP contribution in [-0.2, 0) is 17.8 Å². The predicted molar refractivity (Wildman–Crippen MR) is 110 cm³/mol. The molecular formula is C20H18ClN3O3S. The highest BCUT2D eigenvalue weighted by atomic mass is 35.5. The summed E-state index contributed by atoms with van der Waals surface area (Å²) in [7, 11) is 1.60. The quantitative estimate of drug-likeness (QED) is 0.613. The standard InChI is InChI=1S/C20H18ClN3O3S/c1-27-17-4-2-3-13(9-17)11-22-18(25)10-16-12-28-20(23-16)24-19(26)14-5-7-15(21)8-6-14/h2-9,12H,10-11H2,1H3,(H,22,25)(H,23,24,26). The third kappa shape index (κ3) is 5.55. The Labute approximate surface area is 171 Å². The Hall–Kier alpha value is -2.90. The highest BCUT2D eigenvalue weighted by Gasteiger charge is 2.11. The summed E-state index contributed by atoms with van der Waals surface area (Å²) in [6, 6.07) is 14.1. The van der Waals surface area contributed by atoms with Crippen LogP contribution in [0.2, 0.25) is 5.02 Å². The minimum Gasteiger partial charge on any atom is -0.497 e. The summed E-state index contributed by atoms with van der Waals surface area (Å²) in [4.78, 5) is 28.6. The summed E-state index contributed by atoms with van der Waals surface area (Å²) in [5.74, 6) is 0.316. The number of aromatic nitrogens is 1. The highest BCUT2D eigenvalue weighted by Crippen LogP contribution is 2.18. The number of carbonyl (C=O) groups is 2. The highest BCUT2D eigenvalue weighted by molar-refractivity contribution is 7.14. The monoisotopic (exact) mass is 415 g/mol. The largest absolute Gasteiger partial charge is 0.497 e. The Bertz CT molecular complexity index is 973. The molecule has 3 rings (SSSR count). The molecule has 0 fully saturated rings. The number of hydrogen-bond donors (Lipinski definition) is 2. The maximum atomic E-state index is 12.2. The van der Waals surface area contributed by atoms with E-state index in [1.165, 1.54) is 11.3 Å². The minimum atomic E-state index is -0.278. The van der Waals surface area contributed by atoms with E-state index in [4.69, 9.17) is 16.3 Å². The third-order valence-corrected chi connectivity index (χ3v) is 4.90. The van der Waals surface area contributed by atoms with Crippen LogP contribution in [0.3, 0.4) is 0 Å². The molecule has 144 valence electrons. The topological polar surface area (TPSA) is 80.3 Å². The predicted octanol–water partition coefficient (Wildman–Crippen LogP) is 3.92. The molecule has 28 heavy (non-hydrogen) atoms. The van der Waals surface area contributed by atoms with Crippen molar-refractivity contribution in [3.05, 3.63) is 75.8 Å². The zero-order valence-electron chi connectivity index (χ0n) is 15.1. The number of thiazole rings is 1. The number of methoxy groups -OCH3 is 1. The first kappa shape index (κ1) is 19.9. The molecule has 0 aliphatic rings. The van der Waals surface area contributed by atoms with Crippen LogP contribution in [0.25, 0.3) is 0 Å². The van der Waals surface area contributed by atoms with Crippen molar-refractivity contribution in [2.24, 2.45) is 0 Å². The molecule has 0 bridgehead atoms. The van der Waals surface area contributed by atoms with E-state index < -0.39 is 0 Å². The number of benzene rings is 2. The van der Waals surface area contributed by atoms with Gasteiger partial charge in [0.05, 0.1) is 19.2 Å². The van der Waals surface area contributed by atoms with E-state index in [0.29, 0.717) is 28.0 Å². The lowest BCUT2D eigenvalue weighted by Crippen LogP contribution is -2.24. The van der Waals surface area contributed by atoms with Crippen molar-refractivity contribution in [1.82, 2.24) is 10.3 Å². The molecule has 0 spiro atoms. The van der Waals surface area contributed by atoms with Gasteiger partial charge < -0.3 is 10.1 Å². The zero-order chi connectivity index (χ0) is 19.9. The number of rotatable bonds is 7. The van der Waals surface area contributed by atoms with Crippen molar-refractivity contribution in [2.45, 2.75) is 13.0 Å². The molecule has 0 saturated carbocycles.